The van der Waals surface area contributed by atoms with Gasteiger partial charge in [-0.25, -0.2) is 9.97 Å². The van der Waals surface area contributed by atoms with Crippen molar-refractivity contribution in [3.63, 3.8) is 0 Å². The second-order valence-electron chi connectivity index (χ2n) is 6.75. The van der Waals surface area contributed by atoms with Crippen molar-refractivity contribution in [2.45, 2.75) is 31.8 Å². The van der Waals surface area contributed by atoms with Gasteiger partial charge in [-0.15, -0.1) is 0 Å². The Labute approximate surface area is 153 Å². The van der Waals surface area contributed by atoms with Crippen LogP contribution in [0.25, 0.3) is 0 Å². The number of aromatic nitrogens is 2. The number of nitrogens with zero attached hydrogens (tertiary/aromatic N) is 4. The molecule has 0 aromatic carbocycles. The zero-order valence-electron chi connectivity index (χ0n) is 14.8. The van der Waals surface area contributed by atoms with Crippen LogP contribution in [0.5, 0.6) is 0 Å². The first-order valence-electron chi connectivity index (χ1n) is 9.29. The van der Waals surface area contributed by atoms with E-state index in [1.165, 1.54) is 12.8 Å². The summed E-state index contributed by atoms with van der Waals surface area (Å²) in [7, 11) is 0. The number of morpholine rings is 1. The number of ether oxygens (including phenoxy) is 1. The van der Waals surface area contributed by atoms with E-state index in [-0.39, 0.29) is 12.0 Å². The van der Waals surface area contributed by atoms with Crippen LogP contribution in [-0.4, -0.2) is 53.6 Å². The fourth-order valence-electron chi connectivity index (χ4n) is 3.51. The lowest BCUT2D eigenvalue weighted by atomic mass is 10.1. The molecule has 7 heteroatoms. The summed E-state index contributed by atoms with van der Waals surface area (Å²) in [6, 6.07) is 5.63. The Morgan fingerprint density at radius 3 is 2.92 bits per heavy atom. The van der Waals surface area contributed by atoms with Crippen molar-refractivity contribution < 1.29 is 13.9 Å². The highest BCUT2D eigenvalue weighted by molar-refractivity contribution is 5.76. The molecule has 2 saturated heterocycles. The van der Waals surface area contributed by atoms with Crippen LogP contribution in [0.4, 0.5) is 5.95 Å². The monoisotopic (exact) mass is 356 g/mol. The fraction of sp³-hybridized carbons (Fsp3) is 0.526. The Balaban J connectivity index is 1.38. The summed E-state index contributed by atoms with van der Waals surface area (Å²) in [6.45, 7) is 3.70. The maximum Gasteiger partial charge on any atom is 0.225 e. The molecule has 7 nitrogen and oxygen atoms in total. The van der Waals surface area contributed by atoms with E-state index in [1.807, 2.05) is 23.1 Å². The molecule has 0 spiro atoms. The number of carbonyl (C=O) groups is 1. The van der Waals surface area contributed by atoms with Gasteiger partial charge in [0.1, 0.15) is 11.9 Å². The molecule has 1 atom stereocenters. The number of anilines is 1. The quantitative estimate of drug-likeness (QED) is 0.818. The van der Waals surface area contributed by atoms with Gasteiger partial charge in [0.2, 0.25) is 11.9 Å². The van der Waals surface area contributed by atoms with Crippen molar-refractivity contribution in [2.75, 3.05) is 37.7 Å². The number of rotatable bonds is 5. The van der Waals surface area contributed by atoms with Crippen LogP contribution < -0.4 is 4.90 Å². The molecule has 0 aliphatic carbocycles. The number of hydrogen-bond acceptors (Lipinski definition) is 6. The van der Waals surface area contributed by atoms with Crippen LogP contribution in [0, 0.1) is 0 Å². The van der Waals surface area contributed by atoms with E-state index in [4.69, 9.17) is 14.1 Å². The third-order valence-corrected chi connectivity index (χ3v) is 4.97. The average Bonchev–Trinajstić information content (AvgIpc) is 3.40. The van der Waals surface area contributed by atoms with Gasteiger partial charge in [-0.2, -0.15) is 0 Å². The minimum absolute atomic E-state index is 0.128. The molecular formula is C19H24N4O3. The second-order valence-corrected chi connectivity index (χ2v) is 6.75. The van der Waals surface area contributed by atoms with Crippen LogP contribution in [0.2, 0.25) is 0 Å². The summed E-state index contributed by atoms with van der Waals surface area (Å²) >= 11 is 0. The first-order valence-corrected chi connectivity index (χ1v) is 9.29. The van der Waals surface area contributed by atoms with Gasteiger partial charge in [0.05, 0.1) is 25.1 Å². The van der Waals surface area contributed by atoms with E-state index in [0.717, 1.165) is 30.5 Å². The van der Waals surface area contributed by atoms with E-state index < -0.39 is 0 Å². The van der Waals surface area contributed by atoms with Crippen molar-refractivity contribution in [1.29, 1.82) is 0 Å². The lowest BCUT2D eigenvalue weighted by molar-refractivity contribution is -0.139. The molecule has 1 amide bonds. The van der Waals surface area contributed by atoms with E-state index in [2.05, 4.69) is 9.88 Å². The van der Waals surface area contributed by atoms with Crippen molar-refractivity contribution in [1.82, 2.24) is 14.9 Å². The lowest BCUT2D eigenvalue weighted by Gasteiger charge is -2.33. The van der Waals surface area contributed by atoms with Gasteiger partial charge >= 0.3 is 0 Å². The molecule has 0 bridgehead atoms. The van der Waals surface area contributed by atoms with Crippen molar-refractivity contribution in [2.24, 2.45) is 0 Å². The molecule has 0 radical (unpaired) electrons. The number of aryl methyl sites for hydroxylation is 1. The molecule has 4 heterocycles. The highest BCUT2D eigenvalue weighted by Gasteiger charge is 2.27. The summed E-state index contributed by atoms with van der Waals surface area (Å²) in [5, 5.41) is 0. The van der Waals surface area contributed by atoms with Crippen LogP contribution in [0.1, 0.15) is 36.8 Å². The summed E-state index contributed by atoms with van der Waals surface area (Å²) in [6.07, 6.45) is 6.68. The van der Waals surface area contributed by atoms with Crippen LogP contribution in [0.3, 0.4) is 0 Å². The zero-order chi connectivity index (χ0) is 17.8. The van der Waals surface area contributed by atoms with Gasteiger partial charge in [-0.05, 0) is 31.0 Å². The standard InChI is InChI=1S/C19H24N4O3/c24-18(6-5-15-4-3-12-25-15)23-11-13-26-17(14-23)16-7-8-20-19(21-16)22-9-1-2-10-22/h3-4,7-8,12,17H,1-2,5-6,9-11,13-14H2/t17-/m1/s1. The Morgan fingerprint density at radius 1 is 1.23 bits per heavy atom. The van der Waals surface area contributed by atoms with Crippen molar-refractivity contribution in [3.8, 4) is 0 Å². The maximum atomic E-state index is 12.5. The summed E-state index contributed by atoms with van der Waals surface area (Å²) in [4.78, 5) is 25.7. The predicted octanol–water partition coefficient (Wildman–Crippen LogP) is 2.20. The van der Waals surface area contributed by atoms with Gasteiger partial charge in [0, 0.05) is 38.7 Å². The molecule has 2 aromatic rings. The highest BCUT2D eigenvalue weighted by Crippen LogP contribution is 2.23. The Morgan fingerprint density at radius 2 is 2.12 bits per heavy atom. The number of amides is 1. The molecule has 4 rings (SSSR count). The molecule has 0 saturated carbocycles. The maximum absolute atomic E-state index is 12.5. The largest absolute Gasteiger partial charge is 0.469 e. The molecule has 138 valence electrons. The predicted molar refractivity (Wildman–Crippen MR) is 95.8 cm³/mol. The van der Waals surface area contributed by atoms with E-state index >= 15 is 0 Å². The minimum Gasteiger partial charge on any atom is -0.469 e. The van der Waals surface area contributed by atoms with Crippen LogP contribution in [-0.2, 0) is 16.0 Å². The SMILES string of the molecule is O=C(CCc1ccco1)N1CCO[C@@H](c2ccnc(N3CCCC3)n2)C1. The highest BCUT2D eigenvalue weighted by atomic mass is 16.5. The van der Waals surface area contributed by atoms with Crippen LogP contribution in [0.15, 0.2) is 35.1 Å². The summed E-state index contributed by atoms with van der Waals surface area (Å²) < 4.78 is 11.2. The first kappa shape index (κ1) is 17.0. The van der Waals surface area contributed by atoms with Gasteiger partial charge < -0.3 is 19.0 Å². The summed E-state index contributed by atoms with van der Waals surface area (Å²) in [5.41, 5.74) is 0.852. The van der Waals surface area contributed by atoms with Crippen LogP contribution >= 0.6 is 0 Å². The third kappa shape index (κ3) is 3.88. The minimum atomic E-state index is -0.194. The Hall–Kier alpha value is -2.41. The average molecular weight is 356 g/mol. The number of furan rings is 1. The Bertz CT molecular complexity index is 728. The van der Waals surface area contributed by atoms with E-state index in [0.29, 0.717) is 32.5 Å². The molecule has 2 aromatic heterocycles. The molecule has 0 unspecified atom stereocenters. The number of carbonyl (C=O) groups excluding carboxylic acids is 1. The summed E-state index contributed by atoms with van der Waals surface area (Å²) in [5.74, 6) is 1.74. The molecule has 2 aliphatic heterocycles. The van der Waals surface area contributed by atoms with Gasteiger partial charge in [0.15, 0.2) is 0 Å². The zero-order valence-corrected chi connectivity index (χ0v) is 14.8. The van der Waals surface area contributed by atoms with E-state index in [1.54, 1.807) is 12.5 Å². The lowest BCUT2D eigenvalue weighted by Crippen LogP contribution is -2.42. The third-order valence-electron chi connectivity index (χ3n) is 4.97. The molecular weight excluding hydrogens is 332 g/mol. The molecule has 2 aliphatic rings. The van der Waals surface area contributed by atoms with Crippen molar-refractivity contribution >= 4 is 11.9 Å². The number of hydrogen-bond donors (Lipinski definition) is 0. The van der Waals surface area contributed by atoms with Gasteiger partial charge in [-0.1, -0.05) is 0 Å². The van der Waals surface area contributed by atoms with Gasteiger partial charge in [-0.3, -0.25) is 4.79 Å². The Kier molecular flexibility index (Phi) is 5.15. The first-order chi connectivity index (χ1) is 12.8. The molecule has 26 heavy (non-hydrogen) atoms. The topological polar surface area (TPSA) is 71.7 Å². The normalized spacial score (nSPS) is 20.5. The van der Waals surface area contributed by atoms with Gasteiger partial charge in [0.25, 0.3) is 0 Å². The fourth-order valence-corrected chi connectivity index (χ4v) is 3.51. The van der Waals surface area contributed by atoms with Crippen molar-refractivity contribution in [3.05, 3.63) is 42.1 Å². The molecule has 2 fully saturated rings. The smallest absolute Gasteiger partial charge is 0.225 e. The van der Waals surface area contributed by atoms with E-state index in [9.17, 15) is 4.79 Å². The molecule has 0 N–H and O–H groups in total. The second kappa shape index (κ2) is 7.86.